The molecule has 1 fully saturated rings. The SMILES string of the molecule is O=C(CNc1ccc(OCC2CCCO2)cc1)Nc1cccc(Cl)c1Cl. The normalized spacial score (nSPS) is 16.3. The first-order valence-electron chi connectivity index (χ1n) is 8.44. The van der Waals surface area contributed by atoms with E-state index in [1.54, 1.807) is 18.2 Å². The van der Waals surface area contributed by atoms with Crippen LogP contribution < -0.4 is 15.4 Å². The molecule has 1 aliphatic rings. The molecule has 2 aromatic rings. The van der Waals surface area contributed by atoms with Crippen molar-refractivity contribution in [2.75, 3.05) is 30.4 Å². The van der Waals surface area contributed by atoms with E-state index in [4.69, 9.17) is 32.7 Å². The third-order valence-corrected chi connectivity index (χ3v) is 4.81. The van der Waals surface area contributed by atoms with Crippen molar-refractivity contribution in [1.82, 2.24) is 0 Å². The summed E-state index contributed by atoms with van der Waals surface area (Å²) < 4.78 is 11.2. The minimum Gasteiger partial charge on any atom is -0.491 e. The summed E-state index contributed by atoms with van der Waals surface area (Å²) >= 11 is 12.0. The maximum atomic E-state index is 12.1. The van der Waals surface area contributed by atoms with E-state index in [0.29, 0.717) is 22.3 Å². The Kier molecular flexibility index (Phi) is 6.61. The summed E-state index contributed by atoms with van der Waals surface area (Å²) in [6, 6.07) is 12.6. The van der Waals surface area contributed by atoms with E-state index in [9.17, 15) is 4.79 Å². The summed E-state index contributed by atoms with van der Waals surface area (Å²) in [5, 5.41) is 6.51. The maximum absolute atomic E-state index is 12.1. The van der Waals surface area contributed by atoms with E-state index in [1.807, 2.05) is 24.3 Å². The molecule has 3 rings (SSSR count). The van der Waals surface area contributed by atoms with Gasteiger partial charge in [-0.1, -0.05) is 29.3 Å². The van der Waals surface area contributed by atoms with Crippen LogP contribution in [-0.2, 0) is 9.53 Å². The molecule has 0 spiro atoms. The zero-order valence-corrected chi connectivity index (χ0v) is 15.6. The molecular weight excluding hydrogens is 375 g/mol. The number of carbonyl (C=O) groups is 1. The molecule has 0 bridgehead atoms. The molecule has 7 heteroatoms. The highest BCUT2D eigenvalue weighted by Gasteiger charge is 2.15. The van der Waals surface area contributed by atoms with Gasteiger partial charge in [-0.05, 0) is 49.2 Å². The van der Waals surface area contributed by atoms with Gasteiger partial charge >= 0.3 is 0 Å². The smallest absolute Gasteiger partial charge is 0.243 e. The van der Waals surface area contributed by atoms with Crippen LogP contribution in [0.3, 0.4) is 0 Å². The first-order chi connectivity index (χ1) is 12.6. The topological polar surface area (TPSA) is 59.6 Å². The highest BCUT2D eigenvalue weighted by molar-refractivity contribution is 6.44. The second-order valence-corrected chi connectivity index (χ2v) is 6.76. The zero-order valence-electron chi connectivity index (χ0n) is 14.1. The molecule has 1 unspecified atom stereocenters. The Balaban J connectivity index is 1.45. The lowest BCUT2D eigenvalue weighted by atomic mass is 10.2. The lowest BCUT2D eigenvalue weighted by Gasteiger charge is -2.12. The number of nitrogens with one attached hydrogen (secondary N) is 2. The van der Waals surface area contributed by atoms with Gasteiger partial charge in [0, 0.05) is 12.3 Å². The first kappa shape index (κ1) is 18.8. The summed E-state index contributed by atoms with van der Waals surface area (Å²) in [4.78, 5) is 12.1. The summed E-state index contributed by atoms with van der Waals surface area (Å²) in [6.07, 6.45) is 2.33. The summed E-state index contributed by atoms with van der Waals surface area (Å²) in [5.74, 6) is 0.564. The molecule has 0 aliphatic carbocycles. The van der Waals surface area contributed by atoms with Gasteiger partial charge in [-0.15, -0.1) is 0 Å². The second-order valence-electron chi connectivity index (χ2n) is 5.97. The van der Waals surface area contributed by atoms with Crippen molar-refractivity contribution in [2.45, 2.75) is 18.9 Å². The van der Waals surface area contributed by atoms with E-state index >= 15 is 0 Å². The number of rotatable bonds is 7. The lowest BCUT2D eigenvalue weighted by molar-refractivity contribution is -0.114. The van der Waals surface area contributed by atoms with E-state index < -0.39 is 0 Å². The van der Waals surface area contributed by atoms with Crippen molar-refractivity contribution in [2.24, 2.45) is 0 Å². The van der Waals surface area contributed by atoms with Crippen molar-refractivity contribution in [3.63, 3.8) is 0 Å². The number of ether oxygens (including phenoxy) is 2. The van der Waals surface area contributed by atoms with Gasteiger partial charge < -0.3 is 20.1 Å². The van der Waals surface area contributed by atoms with Gasteiger partial charge in [0.1, 0.15) is 12.4 Å². The minimum atomic E-state index is -0.215. The lowest BCUT2D eigenvalue weighted by Crippen LogP contribution is -2.21. The van der Waals surface area contributed by atoms with Gasteiger partial charge in [-0.25, -0.2) is 0 Å². The van der Waals surface area contributed by atoms with E-state index in [0.717, 1.165) is 30.9 Å². The predicted molar refractivity (Wildman–Crippen MR) is 104 cm³/mol. The highest BCUT2D eigenvalue weighted by Crippen LogP contribution is 2.29. The molecule has 1 atom stereocenters. The number of hydrogen-bond acceptors (Lipinski definition) is 4. The molecule has 2 aromatic carbocycles. The Morgan fingerprint density at radius 2 is 2.00 bits per heavy atom. The van der Waals surface area contributed by atoms with Gasteiger partial charge in [0.25, 0.3) is 0 Å². The van der Waals surface area contributed by atoms with E-state index in [-0.39, 0.29) is 18.6 Å². The average Bonchev–Trinajstić information content (AvgIpc) is 3.16. The first-order valence-corrected chi connectivity index (χ1v) is 9.19. The standard InChI is InChI=1S/C19H20Cl2N2O3/c20-16-4-1-5-17(19(16)21)23-18(24)11-22-13-6-8-14(9-7-13)26-12-15-3-2-10-25-15/h1,4-9,15,22H,2-3,10-12H2,(H,23,24). The van der Waals surface area contributed by atoms with Crippen molar-refractivity contribution in [3.05, 3.63) is 52.5 Å². The summed E-state index contributed by atoms with van der Waals surface area (Å²) in [7, 11) is 0. The number of benzene rings is 2. The molecule has 2 N–H and O–H groups in total. The molecular formula is C19H20Cl2N2O3. The molecule has 0 radical (unpaired) electrons. The zero-order chi connectivity index (χ0) is 18.4. The summed E-state index contributed by atoms with van der Waals surface area (Å²) in [6.45, 7) is 1.49. The fraction of sp³-hybridized carbons (Fsp3) is 0.316. The Hall–Kier alpha value is -1.95. The number of hydrogen-bond donors (Lipinski definition) is 2. The predicted octanol–water partition coefficient (Wildman–Crippen LogP) is 4.60. The fourth-order valence-corrected chi connectivity index (χ4v) is 2.96. The number of anilines is 2. The van der Waals surface area contributed by atoms with Crippen LogP contribution in [0.1, 0.15) is 12.8 Å². The van der Waals surface area contributed by atoms with Crippen LogP contribution >= 0.6 is 23.2 Å². The molecule has 1 amide bonds. The van der Waals surface area contributed by atoms with Crippen molar-refractivity contribution >= 4 is 40.5 Å². The molecule has 5 nitrogen and oxygen atoms in total. The molecule has 1 aliphatic heterocycles. The Morgan fingerprint density at radius 1 is 1.19 bits per heavy atom. The Labute approximate surface area is 162 Å². The van der Waals surface area contributed by atoms with Crippen LogP contribution in [0.4, 0.5) is 11.4 Å². The quantitative estimate of drug-likeness (QED) is 0.719. The Bertz CT molecular complexity index is 747. The van der Waals surface area contributed by atoms with Crippen LogP contribution in [0.2, 0.25) is 10.0 Å². The molecule has 1 saturated heterocycles. The highest BCUT2D eigenvalue weighted by atomic mass is 35.5. The van der Waals surface area contributed by atoms with Crippen LogP contribution in [0, 0.1) is 0 Å². The van der Waals surface area contributed by atoms with Gasteiger partial charge in [-0.3, -0.25) is 4.79 Å². The second kappa shape index (κ2) is 9.12. The van der Waals surface area contributed by atoms with Crippen LogP contribution in [-0.4, -0.2) is 31.8 Å². The van der Waals surface area contributed by atoms with Crippen LogP contribution in [0.5, 0.6) is 5.75 Å². The van der Waals surface area contributed by atoms with Crippen LogP contribution in [0.25, 0.3) is 0 Å². The maximum Gasteiger partial charge on any atom is 0.243 e. The van der Waals surface area contributed by atoms with E-state index in [2.05, 4.69) is 10.6 Å². The third-order valence-electron chi connectivity index (χ3n) is 3.99. The van der Waals surface area contributed by atoms with Gasteiger partial charge in [0.05, 0.1) is 28.4 Å². The Morgan fingerprint density at radius 3 is 2.73 bits per heavy atom. The van der Waals surface area contributed by atoms with Gasteiger partial charge in [0.15, 0.2) is 0 Å². The molecule has 0 aromatic heterocycles. The molecule has 26 heavy (non-hydrogen) atoms. The fourth-order valence-electron chi connectivity index (χ4n) is 2.61. The minimum absolute atomic E-state index is 0.110. The average molecular weight is 395 g/mol. The van der Waals surface area contributed by atoms with Gasteiger partial charge in [-0.2, -0.15) is 0 Å². The molecule has 1 heterocycles. The van der Waals surface area contributed by atoms with Crippen molar-refractivity contribution in [3.8, 4) is 5.75 Å². The molecule has 138 valence electrons. The number of carbonyl (C=O) groups excluding carboxylic acids is 1. The largest absolute Gasteiger partial charge is 0.491 e. The third kappa shape index (κ3) is 5.27. The summed E-state index contributed by atoms with van der Waals surface area (Å²) in [5.41, 5.74) is 1.31. The van der Waals surface area contributed by atoms with Crippen molar-refractivity contribution < 1.29 is 14.3 Å². The van der Waals surface area contributed by atoms with Gasteiger partial charge in [0.2, 0.25) is 5.91 Å². The van der Waals surface area contributed by atoms with Crippen molar-refractivity contribution in [1.29, 1.82) is 0 Å². The number of halogens is 2. The monoisotopic (exact) mass is 394 g/mol. The van der Waals surface area contributed by atoms with Crippen LogP contribution in [0.15, 0.2) is 42.5 Å². The molecule has 0 saturated carbocycles. The van der Waals surface area contributed by atoms with E-state index in [1.165, 1.54) is 0 Å². The number of amides is 1.